The predicted molar refractivity (Wildman–Crippen MR) is 46.7 cm³/mol. The van der Waals surface area contributed by atoms with Crippen molar-refractivity contribution in [1.29, 1.82) is 0 Å². The zero-order valence-corrected chi connectivity index (χ0v) is 8.59. The number of hydrogen-bond donors (Lipinski definition) is 2. The van der Waals surface area contributed by atoms with Gasteiger partial charge in [-0.15, -0.1) is 0 Å². The topological polar surface area (TPSA) is 68.2 Å². The summed E-state index contributed by atoms with van der Waals surface area (Å²) in [6.45, 7) is 2.43. The van der Waals surface area contributed by atoms with E-state index in [9.17, 15) is 14.6 Å². The van der Waals surface area contributed by atoms with Crippen LogP contribution in [0.3, 0.4) is 0 Å². The minimum atomic E-state index is -1.35. The molecule has 0 spiro atoms. The summed E-state index contributed by atoms with van der Waals surface area (Å²) < 4.78 is 28.1. The smallest absolute Gasteiger partial charge is 0.190 e. The molecule has 6 heteroatoms. The molecule has 2 fully saturated rings. The summed E-state index contributed by atoms with van der Waals surface area (Å²) >= 11 is 0. The molecule has 0 amide bonds. The number of halogens is 1. The lowest BCUT2D eigenvalue weighted by Crippen LogP contribution is -2.41. The van der Waals surface area contributed by atoms with Crippen LogP contribution in [0.15, 0.2) is 0 Å². The van der Waals surface area contributed by atoms with E-state index in [1.165, 1.54) is 0 Å². The van der Waals surface area contributed by atoms with Gasteiger partial charge in [0.15, 0.2) is 12.1 Å². The number of rotatable bonds is 2. The molecular formula is C9H15FO5. The lowest BCUT2D eigenvalue weighted by atomic mass is 10.1. The van der Waals surface area contributed by atoms with Gasteiger partial charge in [-0.3, -0.25) is 0 Å². The molecule has 2 heterocycles. The van der Waals surface area contributed by atoms with Gasteiger partial charge in [-0.1, -0.05) is 0 Å². The third-order valence-electron chi connectivity index (χ3n) is 2.59. The standard InChI is InChI=1S/C9H15FO5/c1-9(2)14-7-5(12)6(4(11)3-10)13-8(7)15-9/h4-8,11-12H,3H2,1-2H3/t4?,5?,6-,7+,8-/m1/s1. The second-order valence-corrected chi connectivity index (χ2v) is 4.28. The number of alkyl halides is 1. The zero-order chi connectivity index (χ0) is 11.2. The highest BCUT2D eigenvalue weighted by Crippen LogP contribution is 2.38. The first-order chi connectivity index (χ1) is 6.94. The molecule has 2 N–H and O–H groups in total. The maximum Gasteiger partial charge on any atom is 0.190 e. The SMILES string of the molecule is CC1(C)O[C@H]2O[C@H](C(O)CF)C(O)[C@@H]2O1. The third kappa shape index (κ3) is 1.88. The van der Waals surface area contributed by atoms with Crippen LogP contribution in [0.2, 0.25) is 0 Å². The van der Waals surface area contributed by atoms with Gasteiger partial charge in [0, 0.05) is 0 Å². The molecular weight excluding hydrogens is 207 g/mol. The van der Waals surface area contributed by atoms with Crippen molar-refractivity contribution < 1.29 is 28.8 Å². The van der Waals surface area contributed by atoms with E-state index in [0.717, 1.165) is 0 Å². The Kier molecular flexibility index (Phi) is 2.72. The van der Waals surface area contributed by atoms with Gasteiger partial charge in [-0.05, 0) is 13.8 Å². The van der Waals surface area contributed by atoms with Crippen molar-refractivity contribution in [2.24, 2.45) is 0 Å². The lowest BCUT2D eigenvalue weighted by molar-refractivity contribution is -0.226. The van der Waals surface area contributed by atoms with E-state index in [-0.39, 0.29) is 0 Å². The van der Waals surface area contributed by atoms with Crippen LogP contribution >= 0.6 is 0 Å². The summed E-state index contributed by atoms with van der Waals surface area (Å²) in [6.07, 6.45) is -4.79. The second-order valence-electron chi connectivity index (χ2n) is 4.28. The molecule has 0 saturated carbocycles. The van der Waals surface area contributed by atoms with Crippen molar-refractivity contribution in [2.45, 2.75) is 50.3 Å². The Labute approximate surface area is 86.7 Å². The van der Waals surface area contributed by atoms with Crippen LogP contribution in [0.4, 0.5) is 4.39 Å². The van der Waals surface area contributed by atoms with Crippen LogP contribution in [0, 0.1) is 0 Å². The highest BCUT2D eigenvalue weighted by molar-refractivity contribution is 4.95. The fourth-order valence-corrected chi connectivity index (χ4v) is 1.92. The van der Waals surface area contributed by atoms with Gasteiger partial charge in [0.1, 0.15) is 31.1 Å². The summed E-state index contributed by atoms with van der Waals surface area (Å²) in [6, 6.07) is 0. The molecule has 0 aromatic heterocycles. The first kappa shape index (κ1) is 11.2. The van der Waals surface area contributed by atoms with Crippen molar-refractivity contribution in [3.05, 3.63) is 0 Å². The molecule has 88 valence electrons. The summed E-state index contributed by atoms with van der Waals surface area (Å²) in [5.41, 5.74) is 0. The Morgan fingerprint density at radius 3 is 2.60 bits per heavy atom. The van der Waals surface area contributed by atoms with Gasteiger partial charge in [0.05, 0.1) is 0 Å². The van der Waals surface area contributed by atoms with Gasteiger partial charge in [0.25, 0.3) is 0 Å². The van der Waals surface area contributed by atoms with Crippen molar-refractivity contribution >= 4 is 0 Å². The fourth-order valence-electron chi connectivity index (χ4n) is 1.92. The molecule has 0 radical (unpaired) electrons. The van der Waals surface area contributed by atoms with Gasteiger partial charge >= 0.3 is 0 Å². The monoisotopic (exact) mass is 222 g/mol. The molecule has 5 nitrogen and oxygen atoms in total. The van der Waals surface area contributed by atoms with Crippen LogP contribution in [0.1, 0.15) is 13.8 Å². The molecule has 2 aliphatic rings. The van der Waals surface area contributed by atoms with Crippen LogP contribution in [-0.4, -0.2) is 53.4 Å². The van der Waals surface area contributed by atoms with Crippen LogP contribution in [0.25, 0.3) is 0 Å². The van der Waals surface area contributed by atoms with Crippen molar-refractivity contribution in [3.63, 3.8) is 0 Å². The number of fused-ring (bicyclic) bond motifs is 1. The Hall–Kier alpha value is -0.270. The van der Waals surface area contributed by atoms with Crippen LogP contribution < -0.4 is 0 Å². The van der Waals surface area contributed by atoms with Crippen LogP contribution in [0.5, 0.6) is 0 Å². The molecule has 2 aliphatic heterocycles. The Balaban J connectivity index is 2.05. The first-order valence-corrected chi connectivity index (χ1v) is 4.88. The molecule has 2 unspecified atom stereocenters. The number of aliphatic hydroxyl groups excluding tert-OH is 2. The minimum Gasteiger partial charge on any atom is -0.388 e. The van der Waals surface area contributed by atoms with Crippen molar-refractivity contribution in [3.8, 4) is 0 Å². The average molecular weight is 222 g/mol. The lowest BCUT2D eigenvalue weighted by Gasteiger charge is -2.24. The van der Waals surface area contributed by atoms with E-state index in [0.29, 0.717) is 0 Å². The van der Waals surface area contributed by atoms with E-state index < -0.39 is 43.2 Å². The maximum absolute atomic E-state index is 12.2. The first-order valence-electron chi connectivity index (χ1n) is 4.88. The second kappa shape index (κ2) is 3.64. The summed E-state index contributed by atoms with van der Waals surface area (Å²) in [5.74, 6) is -0.818. The van der Waals surface area contributed by atoms with Gasteiger partial charge in [0.2, 0.25) is 0 Å². The molecule has 0 bridgehead atoms. The zero-order valence-electron chi connectivity index (χ0n) is 8.59. The number of ether oxygens (including phenoxy) is 3. The summed E-state index contributed by atoms with van der Waals surface area (Å²) in [4.78, 5) is 0. The normalized spacial score (nSPS) is 45.4. The van der Waals surface area contributed by atoms with E-state index in [2.05, 4.69) is 0 Å². The average Bonchev–Trinajstić information content (AvgIpc) is 2.60. The molecule has 2 saturated heterocycles. The highest BCUT2D eigenvalue weighted by Gasteiger charge is 2.55. The Bertz CT molecular complexity index is 247. The highest BCUT2D eigenvalue weighted by atomic mass is 19.1. The molecule has 2 rings (SSSR count). The summed E-state index contributed by atoms with van der Waals surface area (Å²) in [5, 5.41) is 19.0. The van der Waals surface area contributed by atoms with Gasteiger partial charge in [-0.2, -0.15) is 0 Å². The molecule has 5 atom stereocenters. The van der Waals surface area contributed by atoms with Gasteiger partial charge < -0.3 is 24.4 Å². The number of aliphatic hydroxyl groups is 2. The van der Waals surface area contributed by atoms with Crippen molar-refractivity contribution in [2.75, 3.05) is 6.67 Å². The maximum atomic E-state index is 12.2. The van der Waals surface area contributed by atoms with Crippen molar-refractivity contribution in [1.82, 2.24) is 0 Å². The summed E-state index contributed by atoms with van der Waals surface area (Å²) in [7, 11) is 0. The Morgan fingerprint density at radius 1 is 1.40 bits per heavy atom. The molecule has 0 aliphatic carbocycles. The van der Waals surface area contributed by atoms with E-state index in [1.807, 2.05) is 0 Å². The van der Waals surface area contributed by atoms with E-state index in [4.69, 9.17) is 14.2 Å². The van der Waals surface area contributed by atoms with Gasteiger partial charge in [-0.25, -0.2) is 4.39 Å². The molecule has 15 heavy (non-hydrogen) atoms. The molecule has 0 aromatic carbocycles. The van der Waals surface area contributed by atoms with E-state index in [1.54, 1.807) is 13.8 Å². The number of hydrogen-bond acceptors (Lipinski definition) is 5. The largest absolute Gasteiger partial charge is 0.388 e. The minimum absolute atomic E-state index is 0.661. The third-order valence-corrected chi connectivity index (χ3v) is 2.59. The fraction of sp³-hybridized carbons (Fsp3) is 1.00. The molecule has 0 aromatic rings. The quantitative estimate of drug-likeness (QED) is 0.662. The van der Waals surface area contributed by atoms with E-state index >= 15 is 0 Å². The van der Waals surface area contributed by atoms with Crippen LogP contribution in [-0.2, 0) is 14.2 Å². The predicted octanol–water partition coefficient (Wildman–Crippen LogP) is -0.446. The Morgan fingerprint density at radius 2 is 2.07 bits per heavy atom.